The standard InChI is InChI=1S/C9H14N4O/c1-6-8(4-5-9(14)11-10)7(2)13(3)12-6/h4-5H,10H2,1-3H3,(H,11,14)/b5-4+. The van der Waals surface area contributed by atoms with Crippen LogP contribution in [-0.4, -0.2) is 15.7 Å². The van der Waals surface area contributed by atoms with Crippen molar-refractivity contribution in [3.63, 3.8) is 0 Å². The first kappa shape index (κ1) is 10.5. The second-order valence-corrected chi connectivity index (χ2v) is 3.05. The summed E-state index contributed by atoms with van der Waals surface area (Å²) in [5.41, 5.74) is 4.89. The maximum atomic E-state index is 10.9. The smallest absolute Gasteiger partial charge is 0.257 e. The molecule has 0 atom stereocenters. The minimum atomic E-state index is -0.326. The molecule has 14 heavy (non-hydrogen) atoms. The van der Waals surface area contributed by atoms with Gasteiger partial charge in [0.15, 0.2) is 0 Å². The first-order valence-corrected chi connectivity index (χ1v) is 4.25. The number of nitrogens with zero attached hydrogens (tertiary/aromatic N) is 2. The Hall–Kier alpha value is -1.62. The molecule has 5 nitrogen and oxygen atoms in total. The summed E-state index contributed by atoms with van der Waals surface area (Å²) in [6.45, 7) is 3.84. The number of nitrogens with one attached hydrogen (secondary N) is 1. The second-order valence-electron chi connectivity index (χ2n) is 3.05. The number of aromatic nitrogens is 2. The summed E-state index contributed by atoms with van der Waals surface area (Å²) in [5, 5.41) is 4.22. The van der Waals surface area contributed by atoms with Crippen LogP contribution in [-0.2, 0) is 11.8 Å². The summed E-state index contributed by atoms with van der Waals surface area (Å²) in [4.78, 5) is 10.9. The quantitative estimate of drug-likeness (QED) is 0.302. The number of aryl methyl sites for hydroxylation is 2. The van der Waals surface area contributed by atoms with E-state index in [0.717, 1.165) is 17.0 Å². The van der Waals surface area contributed by atoms with Gasteiger partial charge in [0.05, 0.1) is 5.69 Å². The summed E-state index contributed by atoms with van der Waals surface area (Å²) in [7, 11) is 1.86. The summed E-state index contributed by atoms with van der Waals surface area (Å²) in [6, 6.07) is 0. The molecule has 0 unspecified atom stereocenters. The van der Waals surface area contributed by atoms with Crippen LogP contribution in [0.3, 0.4) is 0 Å². The Bertz CT molecular complexity index is 378. The summed E-state index contributed by atoms with van der Waals surface area (Å²) < 4.78 is 1.77. The van der Waals surface area contributed by atoms with E-state index in [2.05, 4.69) is 5.10 Å². The normalized spacial score (nSPS) is 10.9. The van der Waals surface area contributed by atoms with Gasteiger partial charge in [-0.1, -0.05) is 0 Å². The molecule has 0 spiro atoms. The molecule has 1 heterocycles. The minimum absolute atomic E-state index is 0.326. The van der Waals surface area contributed by atoms with Gasteiger partial charge in [0.2, 0.25) is 0 Å². The van der Waals surface area contributed by atoms with Crippen molar-refractivity contribution in [1.29, 1.82) is 0 Å². The summed E-state index contributed by atoms with van der Waals surface area (Å²) in [5.74, 6) is 4.62. The number of amides is 1. The number of carbonyl (C=O) groups is 1. The fourth-order valence-corrected chi connectivity index (χ4v) is 1.24. The van der Waals surface area contributed by atoms with Crippen LogP contribution >= 0.6 is 0 Å². The van der Waals surface area contributed by atoms with E-state index in [1.54, 1.807) is 10.8 Å². The highest BCUT2D eigenvalue weighted by molar-refractivity contribution is 5.91. The first-order valence-electron chi connectivity index (χ1n) is 4.25. The molecular weight excluding hydrogens is 180 g/mol. The third kappa shape index (κ3) is 2.00. The van der Waals surface area contributed by atoms with E-state index in [1.165, 1.54) is 6.08 Å². The van der Waals surface area contributed by atoms with Crippen LogP contribution in [0, 0.1) is 13.8 Å². The molecule has 0 aliphatic rings. The lowest BCUT2D eigenvalue weighted by Crippen LogP contribution is -2.27. The van der Waals surface area contributed by atoms with Crippen LogP contribution in [0.2, 0.25) is 0 Å². The van der Waals surface area contributed by atoms with Crippen molar-refractivity contribution >= 4 is 12.0 Å². The number of nitrogens with two attached hydrogens (primary N) is 1. The van der Waals surface area contributed by atoms with Crippen molar-refractivity contribution in [3.05, 3.63) is 23.0 Å². The highest BCUT2D eigenvalue weighted by atomic mass is 16.2. The predicted octanol–water partition coefficient (Wildman–Crippen LogP) is 0.0400. The van der Waals surface area contributed by atoms with E-state index in [1.807, 2.05) is 26.3 Å². The Morgan fingerprint density at radius 3 is 2.64 bits per heavy atom. The van der Waals surface area contributed by atoms with E-state index in [-0.39, 0.29) is 5.91 Å². The van der Waals surface area contributed by atoms with E-state index < -0.39 is 0 Å². The largest absolute Gasteiger partial charge is 0.291 e. The summed E-state index contributed by atoms with van der Waals surface area (Å²) >= 11 is 0. The maximum absolute atomic E-state index is 10.9. The predicted molar refractivity (Wildman–Crippen MR) is 54.0 cm³/mol. The lowest BCUT2D eigenvalue weighted by molar-refractivity contribution is -0.116. The van der Waals surface area contributed by atoms with E-state index in [4.69, 9.17) is 5.84 Å². The van der Waals surface area contributed by atoms with Crippen LogP contribution in [0.1, 0.15) is 17.0 Å². The highest BCUT2D eigenvalue weighted by Crippen LogP contribution is 2.13. The Kier molecular flexibility index (Phi) is 3.03. The highest BCUT2D eigenvalue weighted by Gasteiger charge is 2.05. The van der Waals surface area contributed by atoms with Gasteiger partial charge in [0, 0.05) is 24.4 Å². The van der Waals surface area contributed by atoms with Crippen LogP contribution < -0.4 is 11.3 Å². The van der Waals surface area contributed by atoms with Crippen molar-refractivity contribution in [2.45, 2.75) is 13.8 Å². The third-order valence-electron chi connectivity index (χ3n) is 2.11. The van der Waals surface area contributed by atoms with Gasteiger partial charge in [0.1, 0.15) is 0 Å². The van der Waals surface area contributed by atoms with E-state index >= 15 is 0 Å². The average molecular weight is 194 g/mol. The van der Waals surface area contributed by atoms with Crippen molar-refractivity contribution < 1.29 is 4.79 Å². The Morgan fingerprint density at radius 2 is 2.21 bits per heavy atom. The molecule has 0 bridgehead atoms. The fourth-order valence-electron chi connectivity index (χ4n) is 1.24. The topological polar surface area (TPSA) is 72.9 Å². The second kappa shape index (κ2) is 4.06. The Morgan fingerprint density at radius 1 is 1.57 bits per heavy atom. The van der Waals surface area contributed by atoms with Gasteiger partial charge in [-0.15, -0.1) is 0 Å². The monoisotopic (exact) mass is 194 g/mol. The zero-order valence-corrected chi connectivity index (χ0v) is 8.53. The lowest BCUT2D eigenvalue weighted by Gasteiger charge is -1.94. The Balaban J connectivity index is 2.97. The average Bonchev–Trinajstić information content (AvgIpc) is 2.39. The minimum Gasteiger partial charge on any atom is -0.291 e. The SMILES string of the molecule is Cc1nn(C)c(C)c1/C=C/C(=O)NN. The van der Waals surface area contributed by atoms with E-state index in [0.29, 0.717) is 0 Å². The number of hydrogen-bond donors (Lipinski definition) is 2. The molecule has 0 saturated carbocycles. The van der Waals surface area contributed by atoms with Crippen LogP contribution in [0.25, 0.3) is 6.08 Å². The van der Waals surface area contributed by atoms with Gasteiger partial charge < -0.3 is 0 Å². The molecule has 0 radical (unpaired) electrons. The lowest BCUT2D eigenvalue weighted by atomic mass is 10.2. The van der Waals surface area contributed by atoms with Gasteiger partial charge in [-0.2, -0.15) is 5.10 Å². The zero-order chi connectivity index (χ0) is 10.7. The molecular formula is C9H14N4O. The van der Waals surface area contributed by atoms with Gasteiger partial charge >= 0.3 is 0 Å². The summed E-state index contributed by atoms with van der Waals surface area (Å²) in [6.07, 6.45) is 3.09. The number of hydrogen-bond acceptors (Lipinski definition) is 3. The molecule has 1 rings (SSSR count). The number of hydrazine groups is 1. The molecule has 0 aliphatic carbocycles. The van der Waals surface area contributed by atoms with Gasteiger partial charge in [0.25, 0.3) is 5.91 Å². The number of carbonyl (C=O) groups excluding carboxylic acids is 1. The van der Waals surface area contributed by atoms with E-state index in [9.17, 15) is 4.79 Å². The third-order valence-corrected chi connectivity index (χ3v) is 2.11. The zero-order valence-electron chi connectivity index (χ0n) is 8.53. The molecule has 0 aromatic carbocycles. The van der Waals surface area contributed by atoms with Gasteiger partial charge in [-0.05, 0) is 19.9 Å². The molecule has 1 amide bonds. The number of rotatable bonds is 2. The van der Waals surface area contributed by atoms with Crippen molar-refractivity contribution in [3.8, 4) is 0 Å². The first-order chi connectivity index (χ1) is 6.56. The molecule has 1 aromatic heterocycles. The van der Waals surface area contributed by atoms with Crippen molar-refractivity contribution in [2.75, 3.05) is 0 Å². The van der Waals surface area contributed by atoms with Gasteiger partial charge in [-0.3, -0.25) is 14.9 Å². The maximum Gasteiger partial charge on any atom is 0.257 e. The molecule has 0 fully saturated rings. The Labute approximate surface area is 82.6 Å². The van der Waals surface area contributed by atoms with Crippen LogP contribution in [0.15, 0.2) is 6.08 Å². The molecule has 1 aromatic rings. The molecule has 76 valence electrons. The molecule has 5 heteroatoms. The van der Waals surface area contributed by atoms with Crippen LogP contribution in [0.5, 0.6) is 0 Å². The molecule has 0 saturated heterocycles. The molecule has 0 aliphatic heterocycles. The van der Waals surface area contributed by atoms with Crippen LogP contribution in [0.4, 0.5) is 0 Å². The molecule has 3 N–H and O–H groups in total. The fraction of sp³-hybridized carbons (Fsp3) is 0.333. The van der Waals surface area contributed by atoms with Gasteiger partial charge in [-0.25, -0.2) is 5.84 Å². The van der Waals surface area contributed by atoms with Crippen molar-refractivity contribution in [2.24, 2.45) is 12.9 Å². The van der Waals surface area contributed by atoms with Crippen molar-refractivity contribution in [1.82, 2.24) is 15.2 Å².